The van der Waals surface area contributed by atoms with Gasteiger partial charge in [-0.2, -0.15) is 0 Å². The average molecular weight is 464 g/mol. The Morgan fingerprint density at radius 1 is 0.824 bits per heavy atom. The zero-order valence-corrected chi connectivity index (χ0v) is 19.8. The van der Waals surface area contributed by atoms with Crippen LogP contribution in [0.2, 0.25) is 0 Å². The van der Waals surface area contributed by atoms with Gasteiger partial charge in [-0.25, -0.2) is 9.97 Å². The molecular formula is C28H21N3O2S. The van der Waals surface area contributed by atoms with E-state index in [4.69, 9.17) is 9.97 Å². The molecule has 5 nitrogen and oxygen atoms in total. The van der Waals surface area contributed by atoms with Gasteiger partial charge >= 0.3 is 0 Å². The average Bonchev–Trinajstić information content (AvgIpc) is 3.44. The number of rotatable bonds is 2. The molecule has 0 radical (unpaired) electrons. The molecule has 0 fully saturated rings. The van der Waals surface area contributed by atoms with Crippen molar-refractivity contribution in [1.29, 1.82) is 0 Å². The largest absolute Gasteiger partial charge is 0.303 e. The van der Waals surface area contributed by atoms with Gasteiger partial charge in [0.15, 0.2) is 22.0 Å². The molecule has 0 amide bonds. The van der Waals surface area contributed by atoms with Gasteiger partial charge < -0.3 is 4.57 Å². The minimum atomic E-state index is -0.352. The van der Waals surface area contributed by atoms with Crippen LogP contribution in [0.3, 0.4) is 0 Å². The number of aromatic nitrogens is 3. The first-order chi connectivity index (χ1) is 16.3. The normalized spacial score (nSPS) is 13.8. The molecule has 0 saturated carbocycles. The fourth-order valence-electron chi connectivity index (χ4n) is 4.52. The third kappa shape index (κ3) is 3.14. The molecule has 2 heterocycles. The summed E-state index contributed by atoms with van der Waals surface area (Å²) in [7, 11) is 0. The van der Waals surface area contributed by atoms with E-state index in [1.807, 2.05) is 71.3 Å². The van der Waals surface area contributed by atoms with Crippen molar-refractivity contribution in [1.82, 2.24) is 14.5 Å². The van der Waals surface area contributed by atoms with Crippen molar-refractivity contribution < 1.29 is 9.59 Å². The summed E-state index contributed by atoms with van der Waals surface area (Å²) < 4.78 is 2.01. The first-order valence-electron chi connectivity index (χ1n) is 11.1. The lowest BCUT2D eigenvalue weighted by molar-refractivity contribution is 0.0990. The van der Waals surface area contributed by atoms with Crippen LogP contribution in [-0.4, -0.2) is 26.1 Å². The number of carbonyl (C=O) groups is 2. The van der Waals surface area contributed by atoms with E-state index in [0.717, 1.165) is 31.8 Å². The molecule has 0 N–H and O–H groups in total. The Hall–Kier alpha value is -3.90. The van der Waals surface area contributed by atoms with Gasteiger partial charge in [-0.1, -0.05) is 65.9 Å². The van der Waals surface area contributed by atoms with Gasteiger partial charge in [0.2, 0.25) is 0 Å². The van der Waals surface area contributed by atoms with Crippen molar-refractivity contribution >= 4 is 50.2 Å². The molecule has 6 rings (SSSR count). The number of ketones is 2. The predicted octanol–water partition coefficient (Wildman–Crippen LogP) is 6.53. The number of thiazole rings is 1. The van der Waals surface area contributed by atoms with Crippen LogP contribution in [-0.2, 0) is 5.54 Å². The molecule has 2 aromatic heterocycles. The minimum absolute atomic E-state index is 0.150. The highest BCUT2D eigenvalue weighted by molar-refractivity contribution is 7.21. The monoisotopic (exact) mass is 463 g/mol. The van der Waals surface area contributed by atoms with Gasteiger partial charge in [-0.15, -0.1) is 0 Å². The third-order valence-corrected chi connectivity index (χ3v) is 7.07. The smallest absolute Gasteiger partial charge is 0.197 e. The maximum Gasteiger partial charge on any atom is 0.197 e. The zero-order chi connectivity index (χ0) is 23.6. The molecule has 0 bridgehead atoms. The van der Waals surface area contributed by atoms with Crippen LogP contribution in [0.5, 0.6) is 0 Å². The predicted molar refractivity (Wildman–Crippen MR) is 136 cm³/mol. The Labute approximate surface area is 200 Å². The molecule has 0 aliphatic heterocycles. The van der Waals surface area contributed by atoms with Gasteiger partial charge in [0, 0.05) is 22.2 Å². The van der Waals surface area contributed by atoms with Crippen LogP contribution < -0.4 is 0 Å². The molecule has 1 aliphatic carbocycles. The van der Waals surface area contributed by atoms with E-state index < -0.39 is 0 Å². The number of hydrogen-bond acceptors (Lipinski definition) is 5. The Kier molecular flexibility index (Phi) is 4.44. The number of Topliss-reactive ketones (excluding diaryl/α,β-unsaturated/α-hetero) is 2. The molecule has 0 spiro atoms. The van der Waals surface area contributed by atoms with Crippen LogP contribution in [0.4, 0.5) is 0 Å². The zero-order valence-electron chi connectivity index (χ0n) is 19.0. The number of imidazole rings is 1. The van der Waals surface area contributed by atoms with E-state index in [-0.39, 0.29) is 22.7 Å². The highest BCUT2D eigenvalue weighted by atomic mass is 32.1. The molecule has 0 atom stereocenters. The van der Waals surface area contributed by atoms with Crippen LogP contribution in [0.1, 0.15) is 47.3 Å². The van der Waals surface area contributed by atoms with Crippen molar-refractivity contribution in [2.24, 2.45) is 0 Å². The lowest BCUT2D eigenvalue weighted by Crippen LogP contribution is -2.23. The standard InChI is InChI=1S/C28H21N3O2S/c1-28(2,3)31-22(29-27-25(31)30-26(34-27)16-9-5-4-6-10-16)15-21-23(32)19-13-17-11-7-8-12-18(17)14-20(19)24(21)33/h4-15H,1-3H3. The Balaban J connectivity index is 1.50. The number of nitrogens with zero attached hydrogens (tertiary/aromatic N) is 3. The number of fused-ring (bicyclic) bond motifs is 3. The van der Waals surface area contributed by atoms with Gasteiger partial charge in [0.1, 0.15) is 10.8 Å². The second kappa shape index (κ2) is 7.30. The summed E-state index contributed by atoms with van der Waals surface area (Å²) in [6.07, 6.45) is 1.64. The lowest BCUT2D eigenvalue weighted by Gasteiger charge is -2.22. The second-order valence-electron chi connectivity index (χ2n) is 9.45. The second-order valence-corrected chi connectivity index (χ2v) is 10.4. The molecule has 166 valence electrons. The maximum absolute atomic E-state index is 13.3. The minimum Gasteiger partial charge on any atom is -0.303 e. The van der Waals surface area contributed by atoms with Crippen molar-refractivity contribution in [2.45, 2.75) is 26.3 Å². The molecule has 34 heavy (non-hydrogen) atoms. The van der Waals surface area contributed by atoms with Gasteiger partial charge in [0.25, 0.3) is 0 Å². The summed E-state index contributed by atoms with van der Waals surface area (Å²) in [5.41, 5.74) is 2.50. The highest BCUT2D eigenvalue weighted by Gasteiger charge is 2.35. The van der Waals surface area contributed by atoms with E-state index in [1.165, 1.54) is 11.3 Å². The summed E-state index contributed by atoms with van der Waals surface area (Å²) in [4.78, 5) is 37.0. The topological polar surface area (TPSA) is 64.8 Å². The van der Waals surface area contributed by atoms with Gasteiger partial charge in [-0.05, 0) is 49.8 Å². The van der Waals surface area contributed by atoms with E-state index >= 15 is 0 Å². The van der Waals surface area contributed by atoms with Crippen LogP contribution >= 0.6 is 11.3 Å². The van der Waals surface area contributed by atoms with E-state index in [1.54, 1.807) is 6.08 Å². The molecule has 1 aliphatic rings. The Morgan fingerprint density at radius 2 is 1.41 bits per heavy atom. The van der Waals surface area contributed by atoms with Crippen LogP contribution in [0.25, 0.3) is 37.9 Å². The highest BCUT2D eigenvalue weighted by Crippen LogP contribution is 2.36. The first-order valence-corrected chi connectivity index (χ1v) is 11.9. The first kappa shape index (κ1) is 20.7. The molecular weight excluding hydrogens is 442 g/mol. The molecule has 3 aromatic carbocycles. The molecule has 0 unspecified atom stereocenters. The van der Waals surface area contributed by atoms with Crippen molar-refractivity contribution in [2.75, 3.05) is 0 Å². The van der Waals surface area contributed by atoms with Crippen molar-refractivity contribution in [3.05, 3.63) is 89.3 Å². The van der Waals surface area contributed by atoms with Gasteiger partial charge in [-0.3, -0.25) is 9.59 Å². The van der Waals surface area contributed by atoms with Crippen molar-refractivity contribution in [3.8, 4) is 10.6 Å². The third-order valence-electron chi connectivity index (χ3n) is 6.08. The Morgan fingerprint density at radius 3 is 2.00 bits per heavy atom. The lowest BCUT2D eigenvalue weighted by atomic mass is 10.0. The van der Waals surface area contributed by atoms with E-state index in [2.05, 4.69) is 20.8 Å². The SMILES string of the molecule is CC(C)(C)n1c(C=C2C(=O)c3cc4ccccc4cc3C2=O)nc2sc(-c3ccccc3)nc21. The Bertz CT molecular complexity index is 1610. The van der Waals surface area contributed by atoms with Gasteiger partial charge in [0.05, 0.1) is 5.57 Å². The summed E-state index contributed by atoms with van der Waals surface area (Å²) in [6.45, 7) is 6.20. The summed E-state index contributed by atoms with van der Waals surface area (Å²) in [6, 6.07) is 21.4. The molecule has 5 aromatic rings. The van der Waals surface area contributed by atoms with Crippen molar-refractivity contribution in [3.63, 3.8) is 0 Å². The van der Waals surface area contributed by atoms with E-state index in [0.29, 0.717) is 17.0 Å². The molecule has 6 heteroatoms. The summed E-state index contributed by atoms with van der Waals surface area (Å²) in [5, 5.41) is 2.78. The van der Waals surface area contributed by atoms with E-state index in [9.17, 15) is 9.59 Å². The number of carbonyl (C=O) groups excluding carboxylic acids is 2. The maximum atomic E-state index is 13.3. The molecule has 0 saturated heterocycles. The fraction of sp³-hybridized carbons (Fsp3) is 0.143. The summed E-state index contributed by atoms with van der Waals surface area (Å²) >= 11 is 1.51. The number of benzene rings is 3. The number of allylic oxidation sites excluding steroid dienone is 1. The number of hydrogen-bond donors (Lipinski definition) is 0. The van der Waals surface area contributed by atoms with Crippen LogP contribution in [0.15, 0.2) is 72.3 Å². The fourth-order valence-corrected chi connectivity index (χ4v) is 5.45. The summed E-state index contributed by atoms with van der Waals surface area (Å²) in [5.74, 6) is 0.0564. The van der Waals surface area contributed by atoms with Crippen LogP contribution in [0, 0.1) is 0 Å². The quantitative estimate of drug-likeness (QED) is 0.220.